The van der Waals surface area contributed by atoms with Crippen molar-refractivity contribution in [3.8, 4) is 0 Å². The molecule has 2 aromatic rings. The molecular weight excluding hydrogens is 408 g/mol. The Kier molecular flexibility index (Phi) is 6.56. The minimum Gasteiger partial charge on any atom is -0.375 e. The lowest BCUT2D eigenvalue weighted by molar-refractivity contribution is -0.384. The van der Waals surface area contributed by atoms with Crippen molar-refractivity contribution >= 4 is 34.8 Å². The van der Waals surface area contributed by atoms with Crippen LogP contribution in [-0.2, 0) is 11.3 Å². The van der Waals surface area contributed by atoms with E-state index < -0.39 is 11.0 Å². The van der Waals surface area contributed by atoms with E-state index in [-0.39, 0.29) is 23.1 Å². The van der Waals surface area contributed by atoms with Gasteiger partial charge in [-0.25, -0.2) is 0 Å². The zero-order valence-corrected chi connectivity index (χ0v) is 17.6. The smallest absolute Gasteiger partial charge is 0.293 e. The molecule has 1 aliphatic heterocycles. The molecule has 1 aliphatic rings. The third-order valence-corrected chi connectivity index (χ3v) is 5.48. The number of nitrogens with one attached hydrogen (secondary N) is 1. The summed E-state index contributed by atoms with van der Waals surface area (Å²) in [7, 11) is 3.29. The fourth-order valence-corrected chi connectivity index (χ4v) is 3.73. The number of likely N-dealkylation sites (tertiary alicyclic amines) is 1. The molecule has 1 N–H and O–H groups in total. The zero-order valence-electron chi connectivity index (χ0n) is 16.8. The van der Waals surface area contributed by atoms with Gasteiger partial charge in [-0.05, 0) is 36.6 Å². The maximum Gasteiger partial charge on any atom is 0.293 e. The second kappa shape index (κ2) is 9.13. The van der Waals surface area contributed by atoms with Gasteiger partial charge in [0.25, 0.3) is 11.6 Å². The molecule has 0 spiro atoms. The van der Waals surface area contributed by atoms with Crippen molar-refractivity contribution in [2.24, 2.45) is 0 Å². The van der Waals surface area contributed by atoms with Crippen molar-refractivity contribution in [1.82, 2.24) is 9.80 Å². The Balaban J connectivity index is 1.82. The number of halogens is 1. The third kappa shape index (κ3) is 4.54. The van der Waals surface area contributed by atoms with Crippen LogP contribution in [0.4, 0.5) is 11.4 Å². The van der Waals surface area contributed by atoms with Crippen molar-refractivity contribution in [3.05, 3.63) is 68.7 Å². The number of rotatable bonds is 6. The van der Waals surface area contributed by atoms with E-state index in [1.54, 1.807) is 32.3 Å². The van der Waals surface area contributed by atoms with Gasteiger partial charge in [0.1, 0.15) is 11.7 Å². The molecule has 30 heavy (non-hydrogen) atoms. The second-order valence-electron chi connectivity index (χ2n) is 7.32. The van der Waals surface area contributed by atoms with Gasteiger partial charge in [0, 0.05) is 43.8 Å². The lowest BCUT2D eigenvalue weighted by atomic mass is 10.1. The van der Waals surface area contributed by atoms with E-state index in [0.717, 1.165) is 12.0 Å². The number of carbonyl (C=O) groups is 2. The molecule has 2 aromatic carbocycles. The summed E-state index contributed by atoms with van der Waals surface area (Å²) in [5, 5.41) is 15.2. The fraction of sp³-hybridized carbons (Fsp3) is 0.333. The van der Waals surface area contributed by atoms with Gasteiger partial charge in [-0.15, -0.1) is 0 Å². The first kappa shape index (κ1) is 21.6. The summed E-state index contributed by atoms with van der Waals surface area (Å²) < 4.78 is 0. The number of benzene rings is 2. The van der Waals surface area contributed by atoms with Crippen LogP contribution in [0.3, 0.4) is 0 Å². The molecule has 9 heteroatoms. The third-order valence-electron chi connectivity index (χ3n) is 5.11. The summed E-state index contributed by atoms with van der Waals surface area (Å²) in [6, 6.07) is 11.0. The maximum absolute atomic E-state index is 13.0. The highest BCUT2D eigenvalue weighted by atomic mass is 35.5. The van der Waals surface area contributed by atoms with E-state index in [0.29, 0.717) is 30.2 Å². The monoisotopic (exact) mass is 430 g/mol. The van der Waals surface area contributed by atoms with Gasteiger partial charge in [0.2, 0.25) is 5.91 Å². The van der Waals surface area contributed by atoms with Gasteiger partial charge >= 0.3 is 0 Å². The highest BCUT2D eigenvalue weighted by Gasteiger charge is 2.35. The van der Waals surface area contributed by atoms with Crippen LogP contribution in [0.5, 0.6) is 0 Å². The van der Waals surface area contributed by atoms with Crippen LogP contribution in [-0.4, -0.2) is 53.2 Å². The van der Waals surface area contributed by atoms with Gasteiger partial charge < -0.3 is 15.1 Å². The fourth-order valence-electron chi connectivity index (χ4n) is 3.53. The van der Waals surface area contributed by atoms with Crippen molar-refractivity contribution in [3.63, 3.8) is 0 Å². The highest BCUT2D eigenvalue weighted by molar-refractivity contribution is 6.31. The van der Waals surface area contributed by atoms with Gasteiger partial charge in [0.05, 0.1) is 4.92 Å². The van der Waals surface area contributed by atoms with Crippen molar-refractivity contribution in [1.29, 1.82) is 0 Å². The summed E-state index contributed by atoms with van der Waals surface area (Å²) >= 11 is 6.14. The van der Waals surface area contributed by atoms with Gasteiger partial charge in [0.15, 0.2) is 0 Å². The Labute approximate surface area is 179 Å². The number of amides is 2. The van der Waals surface area contributed by atoms with Crippen molar-refractivity contribution < 1.29 is 14.5 Å². The molecule has 3 rings (SSSR count). The van der Waals surface area contributed by atoms with E-state index in [1.807, 2.05) is 12.1 Å². The number of likely N-dealkylation sites (N-methyl/N-ethyl adjacent to an activating group) is 1. The number of hydrogen-bond donors (Lipinski definition) is 1. The number of anilines is 1. The van der Waals surface area contributed by atoms with Crippen molar-refractivity contribution in [2.75, 3.05) is 26.0 Å². The van der Waals surface area contributed by atoms with E-state index in [1.165, 1.54) is 21.9 Å². The van der Waals surface area contributed by atoms with E-state index >= 15 is 0 Å². The Hall–Kier alpha value is -3.13. The normalized spacial score (nSPS) is 15.7. The minimum atomic E-state index is -0.537. The molecule has 0 aliphatic carbocycles. The number of nitro benzene ring substituents is 1. The number of nitro groups is 1. The van der Waals surface area contributed by atoms with Gasteiger partial charge in [-0.3, -0.25) is 19.7 Å². The highest BCUT2D eigenvalue weighted by Crippen LogP contribution is 2.29. The van der Waals surface area contributed by atoms with E-state index in [9.17, 15) is 19.7 Å². The predicted molar refractivity (Wildman–Crippen MR) is 115 cm³/mol. The van der Waals surface area contributed by atoms with Crippen LogP contribution in [0.15, 0.2) is 42.5 Å². The summed E-state index contributed by atoms with van der Waals surface area (Å²) in [4.78, 5) is 39.4. The van der Waals surface area contributed by atoms with E-state index in [4.69, 9.17) is 11.6 Å². The maximum atomic E-state index is 13.0. The Morgan fingerprint density at radius 1 is 1.27 bits per heavy atom. The van der Waals surface area contributed by atoms with Gasteiger partial charge in [-0.2, -0.15) is 0 Å². The van der Waals surface area contributed by atoms with Crippen LogP contribution in [0.25, 0.3) is 0 Å². The Morgan fingerprint density at radius 3 is 2.67 bits per heavy atom. The average molecular weight is 431 g/mol. The van der Waals surface area contributed by atoms with Crippen LogP contribution in [0, 0.1) is 10.1 Å². The molecule has 158 valence electrons. The molecule has 2 amide bonds. The number of carbonyl (C=O) groups excluding carboxylic acids is 2. The SMILES string of the molecule is CN(C)C(=O)C1CCCN1C(=O)c1ccc(NCc2ccccc2Cl)c([N+](=O)[O-])c1. The average Bonchev–Trinajstić information content (AvgIpc) is 3.21. The molecule has 1 fully saturated rings. The lowest BCUT2D eigenvalue weighted by Gasteiger charge is -2.26. The Bertz CT molecular complexity index is 979. The molecule has 0 bridgehead atoms. The van der Waals surface area contributed by atoms with Crippen LogP contribution in [0.1, 0.15) is 28.8 Å². The van der Waals surface area contributed by atoms with Crippen LogP contribution >= 0.6 is 11.6 Å². The van der Waals surface area contributed by atoms with Gasteiger partial charge in [-0.1, -0.05) is 29.8 Å². The van der Waals surface area contributed by atoms with Crippen LogP contribution < -0.4 is 5.32 Å². The first-order chi connectivity index (χ1) is 14.3. The minimum absolute atomic E-state index is 0.145. The van der Waals surface area contributed by atoms with Crippen LogP contribution in [0.2, 0.25) is 5.02 Å². The quantitative estimate of drug-likeness (QED) is 0.558. The predicted octanol–water partition coefficient (Wildman–Crippen LogP) is 3.55. The first-order valence-electron chi connectivity index (χ1n) is 9.57. The molecule has 1 unspecified atom stereocenters. The molecule has 0 radical (unpaired) electrons. The molecule has 1 saturated heterocycles. The summed E-state index contributed by atoms with van der Waals surface area (Å²) in [5.41, 5.74) is 1.07. The molecule has 0 aromatic heterocycles. The second-order valence-corrected chi connectivity index (χ2v) is 7.73. The summed E-state index contributed by atoms with van der Waals surface area (Å²) in [6.07, 6.45) is 1.30. The zero-order chi connectivity index (χ0) is 21.8. The largest absolute Gasteiger partial charge is 0.375 e. The lowest BCUT2D eigenvalue weighted by Crippen LogP contribution is -2.45. The van der Waals surface area contributed by atoms with E-state index in [2.05, 4.69) is 5.32 Å². The topological polar surface area (TPSA) is 95.8 Å². The summed E-state index contributed by atoms with van der Waals surface area (Å²) in [6.45, 7) is 0.753. The number of nitrogens with zero attached hydrogens (tertiary/aromatic N) is 3. The van der Waals surface area contributed by atoms with Crippen molar-refractivity contribution in [2.45, 2.75) is 25.4 Å². The molecule has 0 saturated carbocycles. The molecular formula is C21H23ClN4O4. The molecule has 1 atom stereocenters. The molecule has 8 nitrogen and oxygen atoms in total. The summed E-state index contributed by atoms with van der Waals surface area (Å²) in [5.74, 6) is -0.526. The standard InChI is InChI=1S/C21H23ClN4O4/c1-24(2)21(28)18-8-5-11-25(18)20(27)14-9-10-17(19(12-14)26(29)30)23-13-15-6-3-4-7-16(15)22/h3-4,6-7,9-10,12,18,23H,5,8,11,13H2,1-2H3. The Morgan fingerprint density at radius 2 is 2.00 bits per heavy atom. The first-order valence-corrected chi connectivity index (χ1v) is 9.95. The molecule has 1 heterocycles. The number of hydrogen-bond acceptors (Lipinski definition) is 5.